The normalized spacial score (nSPS) is 13.7. The van der Waals surface area contributed by atoms with E-state index in [-0.39, 0.29) is 17.5 Å². The van der Waals surface area contributed by atoms with Crippen LogP contribution in [0.4, 0.5) is 17.1 Å². The smallest absolute Gasteiger partial charge is 0.282 e. The molecule has 0 fully saturated rings. The number of rotatable bonds is 5. The van der Waals surface area contributed by atoms with Crippen molar-refractivity contribution < 1.29 is 9.59 Å². The fourth-order valence-electron chi connectivity index (χ4n) is 4.42. The Labute approximate surface area is 205 Å². The second-order valence-electron chi connectivity index (χ2n) is 9.06. The molecule has 2 amide bonds. The summed E-state index contributed by atoms with van der Waals surface area (Å²) in [5, 5.41) is 5.09. The van der Waals surface area contributed by atoms with Gasteiger partial charge in [-0.3, -0.25) is 9.59 Å². The summed E-state index contributed by atoms with van der Waals surface area (Å²) in [6, 6.07) is 27.1. The molecule has 0 aromatic heterocycles. The van der Waals surface area contributed by atoms with Crippen molar-refractivity contribution in [3.8, 4) is 0 Å². The molecule has 1 aliphatic heterocycles. The molecule has 5 rings (SSSR count). The van der Waals surface area contributed by atoms with Gasteiger partial charge in [0, 0.05) is 30.9 Å². The van der Waals surface area contributed by atoms with Crippen molar-refractivity contribution in [1.29, 1.82) is 0 Å². The molecule has 0 spiro atoms. The monoisotopic (exact) mass is 461 g/mol. The van der Waals surface area contributed by atoms with Crippen LogP contribution in [0.25, 0.3) is 16.3 Å². The minimum Gasteiger partial charge on any atom is -0.378 e. The molecule has 0 atom stereocenters. The topological polar surface area (TPSA) is 52.7 Å². The number of carbonyl (C=O) groups is 2. The Morgan fingerprint density at radius 3 is 2.17 bits per heavy atom. The number of nitrogens with one attached hydrogen (secondary N) is 1. The van der Waals surface area contributed by atoms with Gasteiger partial charge in [0.25, 0.3) is 11.8 Å². The summed E-state index contributed by atoms with van der Waals surface area (Å²) >= 11 is 0. The molecule has 1 heterocycles. The van der Waals surface area contributed by atoms with E-state index in [1.54, 1.807) is 0 Å². The first-order chi connectivity index (χ1) is 16.8. The molecule has 0 unspecified atom stereocenters. The zero-order valence-electron chi connectivity index (χ0n) is 20.3. The molecule has 1 N–H and O–H groups in total. The maximum atomic E-state index is 13.9. The molecule has 0 radical (unpaired) electrons. The summed E-state index contributed by atoms with van der Waals surface area (Å²) in [5.41, 5.74) is 5.95. The highest BCUT2D eigenvalue weighted by atomic mass is 16.2. The van der Waals surface area contributed by atoms with Gasteiger partial charge in [0.1, 0.15) is 5.70 Å². The number of amides is 2. The van der Waals surface area contributed by atoms with Gasteiger partial charge in [0.05, 0.1) is 11.3 Å². The lowest BCUT2D eigenvalue weighted by atomic mass is 9.99. The van der Waals surface area contributed by atoms with Crippen LogP contribution in [0, 0.1) is 13.8 Å². The first kappa shape index (κ1) is 22.4. The van der Waals surface area contributed by atoms with E-state index in [1.807, 2.05) is 118 Å². The standard InChI is InChI=1S/C30H27N3O2/c1-19-12-13-22(18-20(19)2)27-28(31-23-14-16-24(17-15-23)32(3)4)30(35)33(29(27)34)26-11-7-9-21-8-5-6-10-25(21)26/h5-18,31H,1-4H3. The number of carbonyl (C=O) groups excluding carboxylic acids is 2. The summed E-state index contributed by atoms with van der Waals surface area (Å²) in [6.07, 6.45) is 0. The Kier molecular flexibility index (Phi) is 5.61. The third kappa shape index (κ3) is 3.95. The maximum Gasteiger partial charge on any atom is 0.282 e. The number of hydrogen-bond acceptors (Lipinski definition) is 4. The summed E-state index contributed by atoms with van der Waals surface area (Å²) in [6.45, 7) is 4.04. The molecule has 4 aromatic rings. The predicted octanol–water partition coefficient (Wildman–Crippen LogP) is 5.92. The molecule has 1 aliphatic rings. The van der Waals surface area contributed by atoms with Crippen molar-refractivity contribution in [2.75, 3.05) is 29.2 Å². The average molecular weight is 462 g/mol. The van der Waals surface area contributed by atoms with Crippen molar-refractivity contribution in [3.63, 3.8) is 0 Å². The first-order valence-electron chi connectivity index (χ1n) is 11.6. The Morgan fingerprint density at radius 1 is 0.743 bits per heavy atom. The Balaban J connectivity index is 1.64. The van der Waals surface area contributed by atoms with Crippen LogP contribution in [0.2, 0.25) is 0 Å². The number of nitrogens with zero attached hydrogens (tertiary/aromatic N) is 2. The molecule has 5 heteroatoms. The van der Waals surface area contributed by atoms with Gasteiger partial charge in [0.15, 0.2) is 0 Å². The number of imide groups is 1. The number of anilines is 3. The zero-order chi connectivity index (χ0) is 24.7. The molecule has 0 saturated carbocycles. The van der Waals surface area contributed by atoms with Gasteiger partial charge in [-0.2, -0.15) is 0 Å². The van der Waals surface area contributed by atoms with Gasteiger partial charge in [-0.1, -0.05) is 54.6 Å². The number of benzene rings is 4. The number of hydrogen-bond donors (Lipinski definition) is 1. The Hall–Kier alpha value is -4.38. The second-order valence-corrected chi connectivity index (χ2v) is 9.06. The largest absolute Gasteiger partial charge is 0.378 e. The minimum absolute atomic E-state index is 0.281. The van der Waals surface area contributed by atoms with E-state index in [1.165, 1.54) is 4.90 Å². The van der Waals surface area contributed by atoms with Gasteiger partial charge < -0.3 is 10.2 Å². The highest BCUT2D eigenvalue weighted by Crippen LogP contribution is 2.37. The molecule has 5 nitrogen and oxygen atoms in total. The van der Waals surface area contributed by atoms with Gasteiger partial charge in [0.2, 0.25) is 0 Å². The summed E-state index contributed by atoms with van der Waals surface area (Å²) in [7, 11) is 3.95. The zero-order valence-corrected chi connectivity index (χ0v) is 20.3. The van der Waals surface area contributed by atoms with Crippen molar-refractivity contribution in [2.45, 2.75) is 13.8 Å². The van der Waals surface area contributed by atoms with E-state index >= 15 is 0 Å². The molecule has 0 saturated heterocycles. The second kappa shape index (κ2) is 8.76. The lowest BCUT2D eigenvalue weighted by Crippen LogP contribution is -2.32. The maximum absolute atomic E-state index is 13.9. The van der Waals surface area contributed by atoms with E-state index in [4.69, 9.17) is 0 Å². The van der Waals surface area contributed by atoms with Gasteiger partial charge in [-0.05, 0) is 66.3 Å². The van der Waals surface area contributed by atoms with E-state index in [9.17, 15) is 9.59 Å². The van der Waals surface area contributed by atoms with Crippen molar-refractivity contribution in [1.82, 2.24) is 0 Å². The van der Waals surface area contributed by atoms with Gasteiger partial charge in [-0.25, -0.2) is 4.90 Å². The van der Waals surface area contributed by atoms with Crippen LogP contribution in [-0.4, -0.2) is 25.9 Å². The van der Waals surface area contributed by atoms with E-state index in [0.29, 0.717) is 11.3 Å². The molecule has 0 bridgehead atoms. The van der Waals surface area contributed by atoms with Crippen LogP contribution in [0.5, 0.6) is 0 Å². The predicted molar refractivity (Wildman–Crippen MR) is 144 cm³/mol. The SMILES string of the molecule is Cc1ccc(C2=C(Nc3ccc(N(C)C)cc3)C(=O)N(c3cccc4ccccc34)C2=O)cc1C. The van der Waals surface area contributed by atoms with Crippen LogP contribution >= 0.6 is 0 Å². The Bertz CT molecular complexity index is 1490. The first-order valence-corrected chi connectivity index (χ1v) is 11.6. The summed E-state index contributed by atoms with van der Waals surface area (Å²) in [5.74, 6) is -0.696. The number of fused-ring (bicyclic) bond motifs is 1. The highest BCUT2D eigenvalue weighted by Gasteiger charge is 2.41. The molecular weight excluding hydrogens is 434 g/mol. The lowest BCUT2D eigenvalue weighted by molar-refractivity contribution is -0.120. The van der Waals surface area contributed by atoms with Crippen LogP contribution in [-0.2, 0) is 9.59 Å². The third-order valence-corrected chi connectivity index (χ3v) is 6.54. The van der Waals surface area contributed by atoms with Gasteiger partial charge in [-0.15, -0.1) is 0 Å². The van der Waals surface area contributed by atoms with Crippen LogP contribution in [0.15, 0.2) is 90.6 Å². The van der Waals surface area contributed by atoms with Crippen molar-refractivity contribution >= 4 is 45.2 Å². The Morgan fingerprint density at radius 2 is 1.46 bits per heavy atom. The fourth-order valence-corrected chi connectivity index (χ4v) is 4.42. The summed E-state index contributed by atoms with van der Waals surface area (Å²) < 4.78 is 0. The molecule has 4 aromatic carbocycles. The van der Waals surface area contributed by atoms with Crippen molar-refractivity contribution in [3.05, 3.63) is 107 Å². The minimum atomic E-state index is -0.365. The van der Waals surface area contributed by atoms with E-state index in [2.05, 4.69) is 5.32 Å². The molecule has 174 valence electrons. The number of aryl methyl sites for hydroxylation is 2. The van der Waals surface area contributed by atoms with Crippen LogP contribution in [0.1, 0.15) is 16.7 Å². The molecular formula is C30H27N3O2. The van der Waals surface area contributed by atoms with E-state index in [0.717, 1.165) is 38.8 Å². The fraction of sp³-hybridized carbons (Fsp3) is 0.133. The highest BCUT2D eigenvalue weighted by molar-refractivity contribution is 6.47. The molecule has 35 heavy (non-hydrogen) atoms. The van der Waals surface area contributed by atoms with Crippen LogP contribution in [0.3, 0.4) is 0 Å². The summed E-state index contributed by atoms with van der Waals surface area (Å²) in [4.78, 5) is 31.1. The van der Waals surface area contributed by atoms with Crippen LogP contribution < -0.4 is 15.1 Å². The third-order valence-electron chi connectivity index (χ3n) is 6.54. The lowest BCUT2D eigenvalue weighted by Gasteiger charge is -2.18. The quantitative estimate of drug-likeness (QED) is 0.375. The van der Waals surface area contributed by atoms with Gasteiger partial charge >= 0.3 is 0 Å². The average Bonchev–Trinajstić information content (AvgIpc) is 3.10. The van der Waals surface area contributed by atoms with Crippen molar-refractivity contribution in [2.24, 2.45) is 0 Å². The molecule has 0 aliphatic carbocycles. The van der Waals surface area contributed by atoms with E-state index < -0.39 is 0 Å².